The summed E-state index contributed by atoms with van der Waals surface area (Å²) < 4.78 is 20.0. The zero-order chi connectivity index (χ0) is 18.5. The maximum Gasteiger partial charge on any atom is 0.138 e. The molecule has 0 spiro atoms. The van der Waals surface area contributed by atoms with Crippen LogP contribution < -0.4 is 10.1 Å². The number of ether oxygens (including phenoxy) is 1. The van der Waals surface area contributed by atoms with Crippen molar-refractivity contribution in [2.24, 2.45) is 0 Å². The van der Waals surface area contributed by atoms with Crippen LogP contribution >= 0.6 is 27.5 Å². The number of benzene rings is 3. The summed E-state index contributed by atoms with van der Waals surface area (Å²) in [6.07, 6.45) is 0. The molecule has 3 rings (SSSR count). The first-order valence-electron chi connectivity index (χ1n) is 8.17. The summed E-state index contributed by atoms with van der Waals surface area (Å²) in [5.74, 6) is 0.307. The minimum Gasteiger partial charge on any atom is -0.487 e. The first kappa shape index (κ1) is 18.7. The molecule has 0 saturated carbocycles. The van der Waals surface area contributed by atoms with Crippen LogP contribution in [-0.2, 0) is 13.2 Å². The van der Waals surface area contributed by atoms with Gasteiger partial charge in [0, 0.05) is 16.7 Å². The second kappa shape index (κ2) is 8.56. The Bertz CT molecular complexity index is 916. The molecule has 0 aliphatic rings. The number of halogens is 3. The molecule has 3 aromatic carbocycles. The molecule has 0 unspecified atom stereocenters. The first-order valence-corrected chi connectivity index (χ1v) is 9.34. The van der Waals surface area contributed by atoms with E-state index in [-0.39, 0.29) is 12.4 Å². The van der Waals surface area contributed by atoms with Gasteiger partial charge in [-0.2, -0.15) is 0 Å². The first-order chi connectivity index (χ1) is 12.5. The second-order valence-corrected chi connectivity index (χ2v) is 7.32. The van der Waals surface area contributed by atoms with Gasteiger partial charge in [-0.25, -0.2) is 4.39 Å². The van der Waals surface area contributed by atoms with Gasteiger partial charge in [0.25, 0.3) is 0 Å². The standard InChI is InChI=1S/C21H18BrClFNO/c1-14-9-17(22)6-7-20(14)25-12-15-5-8-21(19(23)11-15)26-13-16-3-2-4-18(24)10-16/h2-11,25H,12-13H2,1H3. The van der Waals surface area contributed by atoms with Gasteiger partial charge < -0.3 is 10.1 Å². The predicted octanol–water partition coefficient (Wildman–Crippen LogP) is 6.74. The molecule has 0 aromatic heterocycles. The molecule has 0 fully saturated rings. The van der Waals surface area contributed by atoms with Crippen LogP contribution in [0.1, 0.15) is 16.7 Å². The Kier molecular flexibility index (Phi) is 6.17. The van der Waals surface area contributed by atoms with Crippen LogP contribution in [0.25, 0.3) is 0 Å². The van der Waals surface area contributed by atoms with Crippen molar-refractivity contribution in [1.29, 1.82) is 0 Å². The lowest BCUT2D eigenvalue weighted by atomic mass is 10.1. The average Bonchev–Trinajstić information content (AvgIpc) is 2.60. The third-order valence-electron chi connectivity index (χ3n) is 3.95. The highest BCUT2D eigenvalue weighted by molar-refractivity contribution is 9.10. The van der Waals surface area contributed by atoms with E-state index in [1.165, 1.54) is 17.7 Å². The Balaban J connectivity index is 1.61. The number of anilines is 1. The summed E-state index contributed by atoms with van der Waals surface area (Å²) in [6.45, 7) is 2.99. The van der Waals surface area contributed by atoms with E-state index in [2.05, 4.69) is 34.2 Å². The SMILES string of the molecule is Cc1cc(Br)ccc1NCc1ccc(OCc2cccc(F)c2)c(Cl)c1. The van der Waals surface area contributed by atoms with E-state index in [0.29, 0.717) is 17.3 Å². The fourth-order valence-electron chi connectivity index (χ4n) is 2.58. The van der Waals surface area contributed by atoms with Crippen LogP contribution in [-0.4, -0.2) is 0 Å². The third-order valence-corrected chi connectivity index (χ3v) is 4.74. The minimum absolute atomic E-state index is 0.271. The highest BCUT2D eigenvalue weighted by Crippen LogP contribution is 2.27. The molecule has 134 valence electrons. The highest BCUT2D eigenvalue weighted by Gasteiger charge is 2.05. The smallest absolute Gasteiger partial charge is 0.138 e. The van der Waals surface area contributed by atoms with Crippen LogP contribution in [0.15, 0.2) is 65.1 Å². The molecule has 0 saturated heterocycles. The number of nitrogens with one attached hydrogen (secondary N) is 1. The van der Waals surface area contributed by atoms with Gasteiger partial charge in [-0.15, -0.1) is 0 Å². The van der Waals surface area contributed by atoms with Gasteiger partial charge in [0.15, 0.2) is 0 Å². The molecule has 0 amide bonds. The van der Waals surface area contributed by atoms with Crippen LogP contribution in [0, 0.1) is 12.7 Å². The van der Waals surface area contributed by atoms with E-state index in [0.717, 1.165) is 21.3 Å². The van der Waals surface area contributed by atoms with Crippen molar-refractivity contribution in [3.05, 3.63) is 92.7 Å². The van der Waals surface area contributed by atoms with Crippen molar-refractivity contribution in [2.45, 2.75) is 20.1 Å². The van der Waals surface area contributed by atoms with Crippen LogP contribution in [0.2, 0.25) is 5.02 Å². The van der Waals surface area contributed by atoms with E-state index in [9.17, 15) is 4.39 Å². The van der Waals surface area contributed by atoms with Gasteiger partial charge in [-0.05, 0) is 66.1 Å². The Morgan fingerprint density at radius 1 is 1.04 bits per heavy atom. The molecule has 2 nitrogen and oxygen atoms in total. The number of rotatable bonds is 6. The van der Waals surface area contributed by atoms with E-state index < -0.39 is 0 Å². The lowest BCUT2D eigenvalue weighted by Crippen LogP contribution is -2.02. The Morgan fingerprint density at radius 2 is 1.88 bits per heavy atom. The van der Waals surface area contributed by atoms with E-state index >= 15 is 0 Å². The van der Waals surface area contributed by atoms with Gasteiger partial charge in [-0.1, -0.05) is 45.7 Å². The van der Waals surface area contributed by atoms with E-state index in [4.69, 9.17) is 16.3 Å². The summed E-state index contributed by atoms with van der Waals surface area (Å²) in [5, 5.41) is 3.94. The van der Waals surface area contributed by atoms with Crippen LogP contribution in [0.5, 0.6) is 5.75 Å². The van der Waals surface area contributed by atoms with E-state index in [1.54, 1.807) is 6.07 Å². The Hall–Kier alpha value is -2.04. The Labute approximate surface area is 166 Å². The lowest BCUT2D eigenvalue weighted by molar-refractivity contribution is 0.305. The van der Waals surface area contributed by atoms with Gasteiger partial charge >= 0.3 is 0 Å². The summed E-state index contributed by atoms with van der Waals surface area (Å²) in [4.78, 5) is 0. The average molecular weight is 435 g/mol. The molecule has 0 atom stereocenters. The van der Waals surface area contributed by atoms with Crippen molar-refractivity contribution >= 4 is 33.2 Å². The number of hydrogen-bond donors (Lipinski definition) is 1. The van der Waals surface area contributed by atoms with Crippen molar-refractivity contribution in [1.82, 2.24) is 0 Å². The lowest BCUT2D eigenvalue weighted by Gasteiger charge is -2.12. The molecule has 26 heavy (non-hydrogen) atoms. The number of hydrogen-bond acceptors (Lipinski definition) is 2. The number of aryl methyl sites for hydroxylation is 1. The maximum absolute atomic E-state index is 13.2. The molecular formula is C21H18BrClFNO. The zero-order valence-corrected chi connectivity index (χ0v) is 16.6. The van der Waals surface area contributed by atoms with Gasteiger partial charge in [0.05, 0.1) is 5.02 Å². The predicted molar refractivity (Wildman–Crippen MR) is 108 cm³/mol. The molecule has 0 aliphatic carbocycles. The molecule has 0 bridgehead atoms. The molecule has 3 aromatic rings. The Morgan fingerprint density at radius 3 is 2.62 bits per heavy atom. The summed E-state index contributed by atoms with van der Waals surface area (Å²) in [6, 6.07) is 18.1. The largest absolute Gasteiger partial charge is 0.487 e. The molecule has 0 aliphatic heterocycles. The van der Waals surface area contributed by atoms with Gasteiger partial charge in [0.1, 0.15) is 18.2 Å². The third kappa shape index (κ3) is 4.99. The zero-order valence-electron chi connectivity index (χ0n) is 14.2. The van der Waals surface area contributed by atoms with E-state index in [1.807, 2.05) is 36.4 Å². The monoisotopic (exact) mass is 433 g/mol. The molecule has 5 heteroatoms. The molecule has 0 radical (unpaired) electrons. The summed E-state index contributed by atoms with van der Waals surface area (Å²) in [5.41, 5.74) is 4.06. The molecule has 1 N–H and O–H groups in total. The van der Waals surface area contributed by atoms with Crippen LogP contribution in [0.4, 0.5) is 10.1 Å². The van der Waals surface area contributed by atoms with Crippen molar-refractivity contribution in [3.8, 4) is 5.75 Å². The topological polar surface area (TPSA) is 21.3 Å². The minimum atomic E-state index is -0.276. The molecular weight excluding hydrogens is 417 g/mol. The molecule has 0 heterocycles. The summed E-state index contributed by atoms with van der Waals surface area (Å²) >= 11 is 9.79. The second-order valence-electron chi connectivity index (χ2n) is 6.00. The highest BCUT2D eigenvalue weighted by atomic mass is 79.9. The normalized spacial score (nSPS) is 10.6. The fraction of sp³-hybridized carbons (Fsp3) is 0.143. The fourth-order valence-corrected chi connectivity index (χ4v) is 3.32. The van der Waals surface area contributed by atoms with Crippen molar-refractivity contribution < 1.29 is 9.13 Å². The summed E-state index contributed by atoms with van der Waals surface area (Å²) in [7, 11) is 0. The van der Waals surface area contributed by atoms with Gasteiger partial charge in [0.2, 0.25) is 0 Å². The van der Waals surface area contributed by atoms with Gasteiger partial charge in [-0.3, -0.25) is 0 Å². The van der Waals surface area contributed by atoms with Crippen LogP contribution in [0.3, 0.4) is 0 Å². The maximum atomic E-state index is 13.2. The quantitative estimate of drug-likeness (QED) is 0.464. The van der Waals surface area contributed by atoms with Crippen molar-refractivity contribution in [2.75, 3.05) is 5.32 Å². The van der Waals surface area contributed by atoms with Crippen molar-refractivity contribution in [3.63, 3.8) is 0 Å².